The molecule has 0 radical (unpaired) electrons. The van der Waals surface area contributed by atoms with Crippen LogP contribution in [0.15, 0.2) is 85.1 Å². The maximum absolute atomic E-state index is 5.71. The van der Waals surface area contributed by atoms with E-state index in [1.165, 1.54) is 11.1 Å². The molecule has 0 saturated carbocycles. The van der Waals surface area contributed by atoms with Gasteiger partial charge < -0.3 is 42.8 Å². The predicted octanol–water partition coefficient (Wildman–Crippen LogP) is 9.00. The van der Waals surface area contributed by atoms with E-state index >= 15 is 0 Å². The number of hydrogen-bond donors (Lipinski definition) is 0. The van der Waals surface area contributed by atoms with E-state index in [0.717, 1.165) is 72.0 Å². The number of hydrogen-bond acceptors (Lipinski definition) is 11. The second-order valence-corrected chi connectivity index (χ2v) is 13.3. The first-order valence-electron chi connectivity index (χ1n) is 18.2. The average Bonchev–Trinajstić information content (AvgIpc) is 3.24. The van der Waals surface area contributed by atoms with E-state index in [2.05, 4.69) is 63.3 Å². The number of pyridine rings is 1. The molecule has 0 bridgehead atoms. The molecular formula is C44H53Cl2N3O8. The lowest BCUT2D eigenvalue weighted by Gasteiger charge is -2.40. The van der Waals surface area contributed by atoms with Gasteiger partial charge in [-0.25, -0.2) is 0 Å². The van der Waals surface area contributed by atoms with Crippen molar-refractivity contribution >= 4 is 30.5 Å². The van der Waals surface area contributed by atoms with Gasteiger partial charge in [-0.3, -0.25) is 9.88 Å². The molecule has 11 nitrogen and oxygen atoms in total. The highest BCUT2D eigenvalue weighted by Crippen LogP contribution is 2.43. The normalized spacial score (nSPS) is 12.7. The van der Waals surface area contributed by atoms with Crippen LogP contribution in [0.2, 0.25) is 0 Å². The number of piperidine rings is 1. The van der Waals surface area contributed by atoms with Crippen molar-refractivity contribution in [3.63, 3.8) is 0 Å². The monoisotopic (exact) mass is 821 g/mol. The van der Waals surface area contributed by atoms with Crippen molar-refractivity contribution in [3.8, 4) is 68.4 Å². The molecule has 0 aliphatic carbocycles. The number of ether oxygens (including phenoxy) is 8. The Balaban J connectivity index is 0.00000360. The van der Waals surface area contributed by atoms with E-state index in [1.807, 2.05) is 36.5 Å². The molecule has 4 aromatic carbocycles. The van der Waals surface area contributed by atoms with Crippen LogP contribution in [0.5, 0.6) is 46.0 Å². The zero-order valence-electron chi connectivity index (χ0n) is 33.8. The van der Waals surface area contributed by atoms with Crippen molar-refractivity contribution in [1.29, 1.82) is 0 Å². The topological polar surface area (TPSA) is 93.2 Å². The zero-order chi connectivity index (χ0) is 38.9. The number of methoxy groups -OCH3 is 8. The summed E-state index contributed by atoms with van der Waals surface area (Å²) in [7, 11) is 13.1. The third kappa shape index (κ3) is 10.2. The molecule has 0 spiro atoms. The van der Waals surface area contributed by atoms with Gasteiger partial charge >= 0.3 is 0 Å². The molecule has 1 aromatic heterocycles. The highest BCUT2D eigenvalue weighted by molar-refractivity contribution is 5.85. The molecule has 2 heterocycles. The van der Waals surface area contributed by atoms with Crippen LogP contribution in [-0.4, -0.2) is 85.9 Å². The minimum atomic E-state index is 0. The lowest BCUT2D eigenvalue weighted by Crippen LogP contribution is -2.44. The van der Waals surface area contributed by atoms with E-state index in [4.69, 9.17) is 37.9 Å². The number of anilines is 1. The van der Waals surface area contributed by atoms with Gasteiger partial charge in [0, 0.05) is 67.9 Å². The van der Waals surface area contributed by atoms with Gasteiger partial charge in [0.25, 0.3) is 0 Å². The van der Waals surface area contributed by atoms with Crippen LogP contribution in [-0.2, 0) is 13.1 Å². The Morgan fingerprint density at radius 1 is 0.561 bits per heavy atom. The van der Waals surface area contributed by atoms with Crippen molar-refractivity contribution in [2.45, 2.75) is 32.0 Å². The molecule has 1 aliphatic heterocycles. The minimum Gasteiger partial charge on any atom is -0.497 e. The first kappa shape index (κ1) is 44.5. The maximum atomic E-state index is 5.71. The maximum Gasteiger partial charge on any atom is 0.203 e. The third-order valence-corrected chi connectivity index (χ3v) is 10.1. The fourth-order valence-corrected chi connectivity index (χ4v) is 7.29. The molecule has 0 atom stereocenters. The van der Waals surface area contributed by atoms with Gasteiger partial charge in [0.05, 0.1) is 62.6 Å². The first-order valence-corrected chi connectivity index (χ1v) is 18.2. The number of halogens is 2. The standard InChI is InChI=1S/C44H51N3O8.2ClH/c1-48-36-24-35(25-37(26-36)49-2)47(28-29-10-9-11-31(18-29)32-20-39(50-3)43(54-7)40(21-32)51-4)34-13-16-46(17-14-34)27-30-12-15-45-38(19-30)33-22-41(52-5)44(55-8)42(23-33)53-6;;/h9-12,15,18-26,34H,13-14,16-17,27-28H2,1-8H3;2*1H. The minimum absolute atomic E-state index is 0. The summed E-state index contributed by atoms with van der Waals surface area (Å²) in [6, 6.07) is 27.1. The summed E-state index contributed by atoms with van der Waals surface area (Å²) in [5.74, 6) is 5.05. The van der Waals surface area contributed by atoms with Crippen LogP contribution in [0.3, 0.4) is 0 Å². The average molecular weight is 823 g/mol. The van der Waals surface area contributed by atoms with Gasteiger partial charge in [-0.15, -0.1) is 24.8 Å². The molecular weight excluding hydrogens is 769 g/mol. The van der Waals surface area contributed by atoms with Crippen LogP contribution in [0.1, 0.15) is 24.0 Å². The molecule has 5 aromatic rings. The largest absolute Gasteiger partial charge is 0.497 e. The second kappa shape index (κ2) is 20.8. The molecule has 6 rings (SSSR count). The first-order chi connectivity index (χ1) is 26.8. The molecule has 1 saturated heterocycles. The third-order valence-electron chi connectivity index (χ3n) is 10.1. The lowest BCUT2D eigenvalue weighted by atomic mass is 9.98. The summed E-state index contributed by atoms with van der Waals surface area (Å²) in [5.41, 5.74) is 7.19. The number of rotatable bonds is 16. The molecule has 0 unspecified atom stereocenters. The van der Waals surface area contributed by atoms with Crippen LogP contribution >= 0.6 is 24.8 Å². The Morgan fingerprint density at radius 3 is 1.61 bits per heavy atom. The fourth-order valence-electron chi connectivity index (χ4n) is 7.29. The van der Waals surface area contributed by atoms with E-state index in [0.29, 0.717) is 41.0 Å². The molecule has 0 N–H and O–H groups in total. The van der Waals surface area contributed by atoms with Crippen LogP contribution in [0.4, 0.5) is 5.69 Å². The number of nitrogens with zero attached hydrogens (tertiary/aromatic N) is 3. The Labute approximate surface area is 348 Å². The van der Waals surface area contributed by atoms with E-state index in [-0.39, 0.29) is 30.9 Å². The van der Waals surface area contributed by atoms with E-state index in [9.17, 15) is 0 Å². The Hall–Kier alpha value is -5.23. The van der Waals surface area contributed by atoms with Gasteiger partial charge in [0.1, 0.15) is 11.5 Å². The van der Waals surface area contributed by atoms with Crippen LogP contribution in [0.25, 0.3) is 22.4 Å². The van der Waals surface area contributed by atoms with E-state index in [1.54, 1.807) is 56.9 Å². The summed E-state index contributed by atoms with van der Waals surface area (Å²) < 4.78 is 45.0. The lowest BCUT2D eigenvalue weighted by molar-refractivity contribution is 0.201. The molecule has 57 heavy (non-hydrogen) atoms. The fraction of sp³-hybridized carbons (Fsp3) is 0.341. The Bertz CT molecular complexity index is 2000. The Morgan fingerprint density at radius 2 is 1.11 bits per heavy atom. The zero-order valence-corrected chi connectivity index (χ0v) is 35.5. The van der Waals surface area contributed by atoms with E-state index < -0.39 is 0 Å². The van der Waals surface area contributed by atoms with Gasteiger partial charge in [-0.1, -0.05) is 18.2 Å². The smallest absolute Gasteiger partial charge is 0.203 e. The second-order valence-electron chi connectivity index (χ2n) is 13.3. The summed E-state index contributed by atoms with van der Waals surface area (Å²) in [4.78, 5) is 9.69. The molecule has 0 amide bonds. The highest BCUT2D eigenvalue weighted by Gasteiger charge is 2.27. The van der Waals surface area contributed by atoms with Crippen molar-refractivity contribution < 1.29 is 37.9 Å². The quantitative estimate of drug-likeness (QED) is 0.0955. The molecule has 13 heteroatoms. The summed E-state index contributed by atoms with van der Waals surface area (Å²) in [6.07, 6.45) is 3.83. The number of aromatic nitrogens is 1. The van der Waals surface area contributed by atoms with Crippen molar-refractivity contribution in [2.75, 3.05) is 74.9 Å². The summed E-state index contributed by atoms with van der Waals surface area (Å²) in [5, 5.41) is 0. The molecule has 1 aliphatic rings. The summed E-state index contributed by atoms with van der Waals surface area (Å²) >= 11 is 0. The highest BCUT2D eigenvalue weighted by atomic mass is 35.5. The van der Waals surface area contributed by atoms with Crippen LogP contribution < -0.4 is 42.8 Å². The van der Waals surface area contributed by atoms with Gasteiger partial charge in [0.15, 0.2) is 23.0 Å². The number of likely N-dealkylation sites (tertiary alicyclic amines) is 1. The van der Waals surface area contributed by atoms with Crippen LogP contribution in [0, 0.1) is 0 Å². The molecule has 306 valence electrons. The number of benzene rings is 4. The SMILES string of the molecule is COc1cc(OC)cc(N(Cc2cccc(-c3cc(OC)c(OC)c(OC)c3)c2)C2CCN(Cc3ccnc(-c4cc(OC)c(OC)c(OC)c4)c3)CC2)c1.Cl.Cl. The Kier molecular flexibility index (Phi) is 16.2. The molecule has 1 fully saturated rings. The van der Waals surface area contributed by atoms with Crippen molar-refractivity contribution in [2.24, 2.45) is 0 Å². The van der Waals surface area contributed by atoms with Gasteiger partial charge in [-0.2, -0.15) is 0 Å². The predicted molar refractivity (Wildman–Crippen MR) is 229 cm³/mol. The van der Waals surface area contributed by atoms with Gasteiger partial charge in [-0.05, 0) is 77.6 Å². The van der Waals surface area contributed by atoms with Crippen molar-refractivity contribution in [3.05, 3.63) is 96.2 Å². The van der Waals surface area contributed by atoms with Gasteiger partial charge in [0.2, 0.25) is 11.5 Å². The summed E-state index contributed by atoms with van der Waals surface area (Å²) in [6.45, 7) is 3.39. The van der Waals surface area contributed by atoms with Crippen molar-refractivity contribution in [1.82, 2.24) is 9.88 Å².